The number of nitrogens with one attached hydrogen (secondary N) is 1. The molecule has 33 heavy (non-hydrogen) atoms. The van der Waals surface area contributed by atoms with Crippen LogP contribution in [0.1, 0.15) is 28.8 Å². The third-order valence-corrected chi connectivity index (χ3v) is 5.59. The van der Waals surface area contributed by atoms with Crippen molar-refractivity contribution in [1.82, 2.24) is 10.2 Å². The molecule has 7 heteroatoms. The molecule has 0 saturated carbocycles. The Morgan fingerprint density at radius 3 is 2.33 bits per heavy atom. The summed E-state index contributed by atoms with van der Waals surface area (Å²) in [6, 6.07) is 22.2. The van der Waals surface area contributed by atoms with Crippen LogP contribution in [0.3, 0.4) is 0 Å². The molecule has 0 unspecified atom stereocenters. The van der Waals surface area contributed by atoms with E-state index in [9.17, 15) is 9.59 Å². The van der Waals surface area contributed by atoms with E-state index in [0.717, 1.165) is 35.3 Å². The molecule has 164 valence electrons. The van der Waals surface area contributed by atoms with Crippen LogP contribution in [-0.4, -0.2) is 28.6 Å². The van der Waals surface area contributed by atoms with Crippen LogP contribution in [0.15, 0.2) is 77.2 Å². The van der Waals surface area contributed by atoms with Crippen molar-refractivity contribution in [2.45, 2.75) is 19.8 Å². The van der Waals surface area contributed by atoms with Crippen molar-refractivity contribution in [3.8, 4) is 22.9 Å². The summed E-state index contributed by atoms with van der Waals surface area (Å²) < 4.78 is 5.82. The molecule has 2 heterocycles. The van der Waals surface area contributed by atoms with Gasteiger partial charge in [-0.05, 0) is 74.0 Å². The SMILES string of the molecule is Cc1cccc(-c2nnc(-c3ccc(C(=O)Nc4ccc(N5CCCC5=O)cc4)cc3)o2)c1. The van der Waals surface area contributed by atoms with E-state index in [0.29, 0.717) is 29.5 Å². The molecule has 7 nitrogen and oxygen atoms in total. The Morgan fingerprint density at radius 2 is 1.67 bits per heavy atom. The van der Waals surface area contributed by atoms with Gasteiger partial charge in [-0.3, -0.25) is 9.59 Å². The van der Waals surface area contributed by atoms with Gasteiger partial charge >= 0.3 is 0 Å². The largest absolute Gasteiger partial charge is 0.416 e. The number of hydrogen-bond donors (Lipinski definition) is 1. The number of rotatable bonds is 5. The summed E-state index contributed by atoms with van der Waals surface area (Å²) in [5.41, 5.74) is 4.74. The predicted molar refractivity (Wildman–Crippen MR) is 126 cm³/mol. The van der Waals surface area contributed by atoms with Crippen molar-refractivity contribution in [2.24, 2.45) is 0 Å². The van der Waals surface area contributed by atoms with Crippen LogP contribution in [0.4, 0.5) is 11.4 Å². The smallest absolute Gasteiger partial charge is 0.255 e. The standard InChI is InChI=1S/C26H22N4O3/c1-17-4-2-5-20(16-17)26-29-28-25(33-26)19-9-7-18(8-10-19)24(32)27-21-11-13-22(14-12-21)30-15-3-6-23(30)31/h2,4-5,7-14,16H,3,6,15H2,1H3,(H,27,32). The van der Waals surface area contributed by atoms with E-state index >= 15 is 0 Å². The lowest BCUT2D eigenvalue weighted by molar-refractivity contribution is -0.117. The van der Waals surface area contributed by atoms with Gasteiger partial charge in [-0.1, -0.05) is 17.7 Å². The van der Waals surface area contributed by atoms with E-state index in [-0.39, 0.29) is 11.8 Å². The maximum absolute atomic E-state index is 12.6. The van der Waals surface area contributed by atoms with Gasteiger partial charge in [0.1, 0.15) is 0 Å². The number of anilines is 2. The van der Waals surface area contributed by atoms with E-state index < -0.39 is 0 Å². The molecule has 2 amide bonds. The number of amides is 2. The van der Waals surface area contributed by atoms with Gasteiger partial charge in [0.15, 0.2) is 0 Å². The highest BCUT2D eigenvalue weighted by Gasteiger charge is 2.21. The molecule has 0 bridgehead atoms. The minimum Gasteiger partial charge on any atom is -0.416 e. The Balaban J connectivity index is 1.26. The molecule has 1 aliphatic heterocycles. The topological polar surface area (TPSA) is 88.3 Å². The monoisotopic (exact) mass is 438 g/mol. The fourth-order valence-corrected chi connectivity index (χ4v) is 3.85. The maximum Gasteiger partial charge on any atom is 0.255 e. The lowest BCUT2D eigenvalue weighted by atomic mass is 10.1. The van der Waals surface area contributed by atoms with E-state index in [1.165, 1.54) is 0 Å². The summed E-state index contributed by atoms with van der Waals surface area (Å²) in [5.74, 6) is 0.761. The maximum atomic E-state index is 12.6. The Hall–Kier alpha value is -4.26. The van der Waals surface area contributed by atoms with Gasteiger partial charge in [-0.25, -0.2) is 0 Å². The van der Waals surface area contributed by atoms with E-state index in [4.69, 9.17) is 4.42 Å². The van der Waals surface area contributed by atoms with Crippen LogP contribution in [-0.2, 0) is 4.79 Å². The van der Waals surface area contributed by atoms with Crippen molar-refractivity contribution in [1.29, 1.82) is 0 Å². The van der Waals surface area contributed by atoms with E-state index in [2.05, 4.69) is 15.5 Å². The normalized spacial score (nSPS) is 13.4. The number of carbonyl (C=O) groups is 2. The first-order valence-electron chi connectivity index (χ1n) is 10.8. The minimum atomic E-state index is -0.225. The molecule has 1 fully saturated rings. The molecule has 0 aliphatic carbocycles. The summed E-state index contributed by atoms with van der Waals surface area (Å²) >= 11 is 0. The lowest BCUT2D eigenvalue weighted by Gasteiger charge is -2.16. The van der Waals surface area contributed by atoms with Gasteiger partial charge < -0.3 is 14.6 Å². The molecule has 1 N–H and O–H groups in total. The van der Waals surface area contributed by atoms with Crippen molar-refractivity contribution in [3.63, 3.8) is 0 Å². The Kier molecular flexibility index (Phi) is 5.44. The fraction of sp³-hybridized carbons (Fsp3) is 0.154. The van der Waals surface area contributed by atoms with Crippen molar-refractivity contribution in [3.05, 3.63) is 83.9 Å². The van der Waals surface area contributed by atoms with Crippen LogP contribution in [0.2, 0.25) is 0 Å². The molecule has 0 radical (unpaired) electrons. The molecule has 1 aromatic heterocycles. The highest BCUT2D eigenvalue weighted by atomic mass is 16.4. The van der Waals surface area contributed by atoms with Crippen molar-refractivity contribution >= 4 is 23.2 Å². The second-order valence-electron chi connectivity index (χ2n) is 8.01. The molecule has 5 rings (SSSR count). The number of benzene rings is 3. The van der Waals surface area contributed by atoms with E-state index in [1.54, 1.807) is 41.3 Å². The second-order valence-corrected chi connectivity index (χ2v) is 8.01. The van der Waals surface area contributed by atoms with Gasteiger partial charge in [0.25, 0.3) is 5.91 Å². The fourth-order valence-electron chi connectivity index (χ4n) is 3.85. The predicted octanol–water partition coefficient (Wildman–Crippen LogP) is 5.09. The minimum absolute atomic E-state index is 0.138. The molecule has 1 saturated heterocycles. The lowest BCUT2D eigenvalue weighted by Crippen LogP contribution is -2.23. The zero-order valence-electron chi connectivity index (χ0n) is 18.1. The first-order valence-corrected chi connectivity index (χ1v) is 10.8. The average Bonchev–Trinajstić information content (AvgIpc) is 3.49. The van der Waals surface area contributed by atoms with Crippen LogP contribution >= 0.6 is 0 Å². The van der Waals surface area contributed by atoms with Gasteiger partial charge in [-0.15, -0.1) is 10.2 Å². The van der Waals surface area contributed by atoms with Gasteiger partial charge in [0, 0.05) is 41.0 Å². The number of aryl methyl sites for hydroxylation is 1. The summed E-state index contributed by atoms with van der Waals surface area (Å²) in [6.07, 6.45) is 1.47. The highest BCUT2D eigenvalue weighted by molar-refractivity contribution is 6.04. The van der Waals surface area contributed by atoms with Crippen LogP contribution in [0.25, 0.3) is 22.9 Å². The van der Waals surface area contributed by atoms with Crippen LogP contribution in [0, 0.1) is 6.92 Å². The summed E-state index contributed by atoms with van der Waals surface area (Å²) in [6.45, 7) is 2.75. The Morgan fingerprint density at radius 1 is 0.939 bits per heavy atom. The molecule has 3 aromatic carbocycles. The number of carbonyl (C=O) groups excluding carboxylic acids is 2. The van der Waals surface area contributed by atoms with Gasteiger partial charge in [-0.2, -0.15) is 0 Å². The summed E-state index contributed by atoms with van der Waals surface area (Å²) in [5, 5.41) is 11.2. The first kappa shape index (κ1) is 20.6. The first-order chi connectivity index (χ1) is 16.1. The van der Waals surface area contributed by atoms with Crippen molar-refractivity contribution in [2.75, 3.05) is 16.8 Å². The Bertz CT molecular complexity index is 1310. The van der Waals surface area contributed by atoms with Gasteiger partial charge in [0.2, 0.25) is 17.7 Å². The highest BCUT2D eigenvalue weighted by Crippen LogP contribution is 2.26. The third kappa shape index (κ3) is 4.39. The molecule has 1 aliphatic rings. The van der Waals surface area contributed by atoms with Crippen molar-refractivity contribution < 1.29 is 14.0 Å². The van der Waals surface area contributed by atoms with Crippen LogP contribution < -0.4 is 10.2 Å². The quantitative estimate of drug-likeness (QED) is 0.469. The zero-order chi connectivity index (χ0) is 22.8. The Labute approximate surface area is 191 Å². The third-order valence-electron chi connectivity index (χ3n) is 5.59. The molecule has 4 aromatic rings. The molecule has 0 atom stereocenters. The number of nitrogens with zero attached hydrogens (tertiary/aromatic N) is 3. The molecular formula is C26H22N4O3. The number of hydrogen-bond acceptors (Lipinski definition) is 5. The second kappa shape index (κ2) is 8.70. The molecule has 0 spiro atoms. The van der Waals surface area contributed by atoms with Gasteiger partial charge in [0.05, 0.1) is 0 Å². The molecular weight excluding hydrogens is 416 g/mol. The summed E-state index contributed by atoms with van der Waals surface area (Å²) in [7, 11) is 0. The zero-order valence-corrected chi connectivity index (χ0v) is 18.1. The van der Waals surface area contributed by atoms with Crippen LogP contribution in [0.5, 0.6) is 0 Å². The summed E-state index contributed by atoms with van der Waals surface area (Å²) in [4.78, 5) is 26.3. The van der Waals surface area contributed by atoms with E-state index in [1.807, 2.05) is 43.3 Å². The average molecular weight is 438 g/mol. The number of aromatic nitrogens is 2.